The van der Waals surface area contributed by atoms with E-state index in [1.54, 1.807) is 0 Å². The maximum atomic E-state index is 12.4. The summed E-state index contributed by atoms with van der Waals surface area (Å²) in [5.74, 6) is 1.65. The average molecular weight is 604 g/mol. The van der Waals surface area contributed by atoms with Crippen molar-refractivity contribution in [3.63, 3.8) is 0 Å². The Morgan fingerprint density at radius 2 is 1.98 bits per heavy atom. The highest BCUT2D eigenvalue weighted by atomic mass is 32.2. The summed E-state index contributed by atoms with van der Waals surface area (Å²) in [5.41, 5.74) is 0.112. The van der Waals surface area contributed by atoms with E-state index in [-0.39, 0.29) is 36.2 Å². The molecule has 42 heavy (non-hydrogen) atoms. The van der Waals surface area contributed by atoms with Crippen LogP contribution in [0.1, 0.15) is 72.1 Å². The maximum absolute atomic E-state index is 12.4. The quantitative estimate of drug-likeness (QED) is 0.188. The Morgan fingerprint density at radius 1 is 1.24 bits per heavy atom. The van der Waals surface area contributed by atoms with Crippen LogP contribution in [-0.2, 0) is 19.2 Å². The van der Waals surface area contributed by atoms with Gasteiger partial charge >= 0.3 is 5.97 Å². The van der Waals surface area contributed by atoms with E-state index in [1.807, 2.05) is 12.3 Å². The van der Waals surface area contributed by atoms with Crippen LogP contribution >= 0.6 is 11.8 Å². The molecule has 0 aromatic rings. The molecule has 0 aliphatic heterocycles. The summed E-state index contributed by atoms with van der Waals surface area (Å²) in [5, 5.41) is 41.2. The van der Waals surface area contributed by atoms with Gasteiger partial charge in [-0.3, -0.25) is 9.59 Å². The van der Waals surface area contributed by atoms with Crippen LogP contribution in [0.3, 0.4) is 0 Å². The molecule has 0 bridgehead atoms. The fourth-order valence-electron chi connectivity index (χ4n) is 8.33. The molecule has 0 heterocycles. The molecule has 3 fully saturated rings. The second-order valence-corrected chi connectivity index (χ2v) is 14.0. The van der Waals surface area contributed by atoms with Crippen LogP contribution < -0.4 is 10.6 Å². The van der Waals surface area contributed by atoms with E-state index in [4.69, 9.17) is 11.3 Å². The molecular weight excluding hydrogens is 558 g/mol. The number of carboxylic acids is 1. The highest BCUT2D eigenvalue weighted by Gasteiger charge is 2.66. The fourth-order valence-corrected chi connectivity index (χ4v) is 8.80. The van der Waals surface area contributed by atoms with Crippen LogP contribution in [0.4, 0.5) is 0 Å². The molecule has 0 radical (unpaired) electrons. The summed E-state index contributed by atoms with van der Waals surface area (Å²) in [6.07, 6.45) is 14.6. The number of nitrogens with zero attached hydrogens (tertiary/aromatic N) is 1. The number of aliphatic hydroxyl groups excluding tert-OH is 1. The number of fused-ring (bicyclic) bond motifs is 5. The Bertz CT molecular complexity index is 1180. The molecule has 10 nitrogen and oxygen atoms in total. The van der Waals surface area contributed by atoms with Crippen molar-refractivity contribution in [2.45, 2.75) is 95.9 Å². The van der Waals surface area contributed by atoms with E-state index in [0.29, 0.717) is 25.0 Å². The van der Waals surface area contributed by atoms with E-state index in [9.17, 15) is 29.7 Å². The number of carbonyl (C=O) groups excluding carboxylic acids is 2. The van der Waals surface area contributed by atoms with E-state index in [2.05, 4.69) is 35.6 Å². The van der Waals surface area contributed by atoms with Gasteiger partial charge in [0.05, 0.1) is 11.8 Å². The van der Waals surface area contributed by atoms with Crippen LogP contribution in [0.5, 0.6) is 0 Å². The van der Waals surface area contributed by atoms with Crippen LogP contribution in [0.15, 0.2) is 16.8 Å². The lowest BCUT2D eigenvalue weighted by molar-refractivity contribution is -0.153. The van der Waals surface area contributed by atoms with Gasteiger partial charge in [0.1, 0.15) is 17.7 Å². The number of hydrogen-bond donors (Lipinski definition) is 5. The third-order valence-corrected chi connectivity index (χ3v) is 11.3. The van der Waals surface area contributed by atoms with Crippen molar-refractivity contribution in [3.05, 3.63) is 11.6 Å². The molecule has 6 unspecified atom stereocenters. The van der Waals surface area contributed by atoms with Crippen molar-refractivity contribution in [2.75, 3.05) is 18.6 Å². The van der Waals surface area contributed by atoms with Gasteiger partial charge in [0.15, 0.2) is 6.61 Å². The average Bonchev–Trinajstić information content (AvgIpc) is 3.20. The van der Waals surface area contributed by atoms with Crippen LogP contribution in [0, 0.1) is 40.9 Å². The van der Waals surface area contributed by atoms with Crippen molar-refractivity contribution >= 4 is 35.3 Å². The number of oxime groups is 1. The van der Waals surface area contributed by atoms with Gasteiger partial charge < -0.3 is 30.8 Å². The molecule has 4 rings (SSSR count). The molecule has 2 amide bonds. The number of carbonyl (C=O) groups is 3. The van der Waals surface area contributed by atoms with Crippen LogP contribution in [0.2, 0.25) is 0 Å². The number of hydrogen-bond acceptors (Lipinski definition) is 8. The highest BCUT2D eigenvalue weighted by molar-refractivity contribution is 7.98. The molecule has 4 aliphatic rings. The monoisotopic (exact) mass is 603 g/mol. The smallest absolute Gasteiger partial charge is 0.326 e. The largest absolute Gasteiger partial charge is 0.480 e. The Labute approximate surface area is 252 Å². The van der Waals surface area contributed by atoms with Gasteiger partial charge in [-0.2, -0.15) is 11.8 Å². The topological polar surface area (TPSA) is 158 Å². The van der Waals surface area contributed by atoms with Crippen molar-refractivity contribution < 1.29 is 34.5 Å². The highest BCUT2D eigenvalue weighted by Crippen LogP contribution is 2.67. The third-order valence-electron chi connectivity index (χ3n) is 10.7. The summed E-state index contributed by atoms with van der Waals surface area (Å²) in [7, 11) is 0. The van der Waals surface area contributed by atoms with Gasteiger partial charge in [-0.25, -0.2) is 4.79 Å². The van der Waals surface area contributed by atoms with Gasteiger partial charge in [-0.05, 0) is 99.5 Å². The SMILES string of the molecule is C#C[C@]1(O)CCC2C3CCC4=C/C(=N/OCC(=O)NC(C)C(=O)NC(CCSC)C(=O)O)CC[C@]4(C)C3C(O)C[C@@]21C. The second-order valence-electron chi connectivity index (χ2n) is 13.0. The molecule has 9 atom stereocenters. The van der Waals surface area contributed by atoms with E-state index >= 15 is 0 Å². The van der Waals surface area contributed by atoms with E-state index < -0.39 is 47.0 Å². The number of nitrogens with one attached hydrogen (secondary N) is 2. The Hall–Kier alpha value is -2.55. The van der Waals surface area contributed by atoms with Gasteiger partial charge in [0.2, 0.25) is 5.91 Å². The summed E-state index contributed by atoms with van der Waals surface area (Å²) < 4.78 is 0. The van der Waals surface area contributed by atoms with Crippen molar-refractivity contribution in [3.8, 4) is 12.3 Å². The van der Waals surface area contributed by atoms with Gasteiger partial charge in [-0.15, -0.1) is 6.42 Å². The first kappa shape index (κ1) is 32.4. The fraction of sp³-hybridized carbons (Fsp3) is 0.742. The summed E-state index contributed by atoms with van der Waals surface area (Å²) in [6, 6.07) is -1.95. The second kappa shape index (κ2) is 12.6. The number of rotatable bonds is 10. The first-order valence-electron chi connectivity index (χ1n) is 14.9. The van der Waals surface area contributed by atoms with Crippen molar-refractivity contribution in [1.82, 2.24) is 10.6 Å². The van der Waals surface area contributed by atoms with Crippen LogP contribution in [-0.4, -0.2) is 81.2 Å². The van der Waals surface area contributed by atoms with Crippen molar-refractivity contribution in [1.29, 1.82) is 0 Å². The molecule has 3 saturated carbocycles. The Morgan fingerprint density at radius 3 is 2.64 bits per heavy atom. The van der Waals surface area contributed by atoms with Gasteiger partial charge in [0.25, 0.3) is 5.91 Å². The van der Waals surface area contributed by atoms with E-state index in [1.165, 1.54) is 24.3 Å². The minimum absolute atomic E-state index is 0.0815. The predicted octanol–water partition coefficient (Wildman–Crippen LogP) is 2.48. The predicted molar refractivity (Wildman–Crippen MR) is 160 cm³/mol. The maximum Gasteiger partial charge on any atom is 0.326 e. The third kappa shape index (κ3) is 5.95. The molecule has 0 aromatic carbocycles. The molecule has 4 aliphatic carbocycles. The molecule has 5 N–H and O–H groups in total. The number of terminal acetylenes is 1. The lowest BCUT2D eigenvalue weighted by Crippen LogP contribution is -2.59. The standard InChI is InChI=1S/C31H45N3O7S/c1-6-31(40)13-10-22-21-8-7-19-15-20(9-12-29(19,3)26(21)24(35)16-30(22,31)4)34-41-17-25(36)32-18(2)27(37)33-23(28(38)39)11-14-42-5/h1,15,18,21-24,26,35,40H,7-14,16-17H2,2-5H3,(H,32,36)(H,33,37)(H,38,39)/b34-20+/t18?,21?,22?,23?,24?,26?,29-,30-,31-/m0/s1. The van der Waals surface area contributed by atoms with E-state index in [0.717, 1.165) is 31.4 Å². The summed E-state index contributed by atoms with van der Waals surface area (Å²) in [4.78, 5) is 41.5. The Balaban J connectivity index is 1.34. The van der Waals surface area contributed by atoms with Gasteiger partial charge in [-0.1, -0.05) is 30.5 Å². The number of thioether (sulfide) groups is 1. The zero-order valence-corrected chi connectivity index (χ0v) is 25.8. The van der Waals surface area contributed by atoms with Gasteiger partial charge in [0, 0.05) is 5.41 Å². The number of carboxylic acid groups (broad SMARTS) is 1. The minimum atomic E-state index is -1.17. The lowest BCUT2D eigenvalue weighted by Gasteiger charge is -2.60. The molecule has 0 saturated heterocycles. The molecule has 0 aromatic heterocycles. The van der Waals surface area contributed by atoms with Crippen molar-refractivity contribution in [2.24, 2.45) is 33.7 Å². The summed E-state index contributed by atoms with van der Waals surface area (Å²) in [6.45, 7) is 5.40. The number of allylic oxidation sites excluding steroid dienone is 2. The Kier molecular flexibility index (Phi) is 9.70. The summed E-state index contributed by atoms with van der Waals surface area (Å²) >= 11 is 1.49. The molecule has 0 spiro atoms. The first-order valence-corrected chi connectivity index (χ1v) is 16.3. The minimum Gasteiger partial charge on any atom is -0.480 e. The number of amides is 2. The first-order chi connectivity index (χ1) is 19.8. The zero-order valence-electron chi connectivity index (χ0n) is 25.0. The number of aliphatic hydroxyl groups is 2. The van der Waals surface area contributed by atoms with Crippen LogP contribution in [0.25, 0.3) is 0 Å². The molecular formula is C31H45N3O7S. The lowest BCUT2D eigenvalue weighted by atomic mass is 9.45. The zero-order chi connectivity index (χ0) is 30.9. The molecule has 232 valence electrons. The molecule has 11 heteroatoms. The number of aliphatic carboxylic acids is 1. The normalized spacial score (nSPS) is 37.6.